The van der Waals surface area contributed by atoms with Gasteiger partial charge in [-0.15, -0.1) is 0 Å². The molecule has 1 aliphatic heterocycles. The van der Waals surface area contributed by atoms with Gasteiger partial charge in [0.05, 0.1) is 46.4 Å². The van der Waals surface area contributed by atoms with Crippen molar-refractivity contribution in [3.63, 3.8) is 0 Å². The first kappa shape index (κ1) is 26.9. The van der Waals surface area contributed by atoms with Gasteiger partial charge >= 0.3 is 0 Å². The molecule has 3 aromatic carbocycles. The maximum atomic E-state index is 13.4. The number of hydrogen-bond donors (Lipinski definition) is 1. The second-order valence-corrected chi connectivity index (χ2v) is 9.43. The molecule has 1 aliphatic rings. The monoisotopic (exact) mass is 535 g/mol. The van der Waals surface area contributed by atoms with Crippen LogP contribution < -0.4 is 24.3 Å². The number of para-hydroxylation sites is 2. The normalized spacial score (nSPS) is 16.2. The van der Waals surface area contributed by atoms with Gasteiger partial charge < -0.3 is 24.3 Å². The van der Waals surface area contributed by atoms with Crippen LogP contribution in [0.1, 0.15) is 12.0 Å². The van der Waals surface area contributed by atoms with E-state index in [1.807, 2.05) is 18.2 Å². The van der Waals surface area contributed by atoms with Crippen molar-refractivity contribution in [2.45, 2.75) is 18.2 Å². The van der Waals surface area contributed by atoms with E-state index in [4.69, 9.17) is 23.9 Å². The molecule has 9 nitrogen and oxygen atoms in total. The molecule has 0 aromatic heterocycles. The molecule has 0 radical (unpaired) electrons. The summed E-state index contributed by atoms with van der Waals surface area (Å²) in [5, 5.41) is 2.63. The molecule has 3 aromatic rings. The summed E-state index contributed by atoms with van der Waals surface area (Å²) in [6.45, 7) is 0.252. The van der Waals surface area contributed by atoms with Gasteiger partial charge in [0.15, 0.2) is 16.7 Å². The predicted octanol–water partition coefficient (Wildman–Crippen LogP) is 4.88. The Kier molecular flexibility index (Phi) is 8.75. The van der Waals surface area contributed by atoms with Gasteiger partial charge in [0.1, 0.15) is 16.7 Å². The van der Waals surface area contributed by atoms with E-state index in [-0.39, 0.29) is 24.8 Å². The first-order chi connectivity index (χ1) is 18.4. The van der Waals surface area contributed by atoms with E-state index in [9.17, 15) is 9.59 Å². The average Bonchev–Trinajstić information content (AvgIpc) is 2.95. The van der Waals surface area contributed by atoms with Gasteiger partial charge in [0.25, 0.3) is 0 Å². The molecule has 0 saturated carbocycles. The number of ether oxygens (including phenoxy) is 4. The molecule has 0 spiro atoms. The summed E-state index contributed by atoms with van der Waals surface area (Å²) in [7, 11) is 6.26. The molecule has 1 heterocycles. The van der Waals surface area contributed by atoms with Gasteiger partial charge in [-0.2, -0.15) is 0 Å². The Morgan fingerprint density at radius 2 is 1.63 bits per heavy atom. The summed E-state index contributed by atoms with van der Waals surface area (Å²) in [6.07, 6.45) is 0.0145. The van der Waals surface area contributed by atoms with E-state index < -0.39 is 5.25 Å². The molecule has 0 aliphatic carbocycles. The van der Waals surface area contributed by atoms with Crippen LogP contribution in [0.25, 0.3) is 0 Å². The van der Waals surface area contributed by atoms with Crippen LogP contribution in [0.3, 0.4) is 0 Å². The lowest BCUT2D eigenvalue weighted by molar-refractivity contribution is -0.129. The van der Waals surface area contributed by atoms with Crippen LogP contribution in [0.15, 0.2) is 71.7 Å². The highest BCUT2D eigenvalue weighted by atomic mass is 32.2. The summed E-state index contributed by atoms with van der Waals surface area (Å²) in [6, 6.07) is 19.8. The van der Waals surface area contributed by atoms with Crippen molar-refractivity contribution in [2.24, 2.45) is 4.99 Å². The number of thioether (sulfide) groups is 1. The number of amidine groups is 1. The standard InChI is InChI=1S/C28H29N3O6S/c1-34-20-12-10-19(11-13-20)29-28-31(17-18-9-14-23(36-3)24(15-18)37-4)26(32)16-25(38-28)27(33)30-21-7-5-6-8-22(21)35-2/h5-15,25H,16-17H2,1-4H3,(H,30,33). The minimum Gasteiger partial charge on any atom is -0.497 e. The molecule has 1 saturated heterocycles. The minimum absolute atomic E-state index is 0.0145. The van der Waals surface area contributed by atoms with Gasteiger partial charge in [-0.25, -0.2) is 4.99 Å². The van der Waals surface area contributed by atoms with Crippen molar-refractivity contribution < 1.29 is 28.5 Å². The lowest BCUT2D eigenvalue weighted by Crippen LogP contribution is -2.44. The molecule has 10 heteroatoms. The van der Waals surface area contributed by atoms with E-state index in [0.717, 1.165) is 5.56 Å². The summed E-state index contributed by atoms with van der Waals surface area (Å²) >= 11 is 1.24. The van der Waals surface area contributed by atoms with Gasteiger partial charge in [0.2, 0.25) is 11.8 Å². The Labute approximate surface area is 225 Å². The van der Waals surface area contributed by atoms with Crippen molar-refractivity contribution in [3.05, 3.63) is 72.3 Å². The van der Waals surface area contributed by atoms with Crippen LogP contribution in [-0.4, -0.2) is 55.6 Å². The number of amides is 2. The van der Waals surface area contributed by atoms with Crippen LogP contribution in [-0.2, 0) is 16.1 Å². The third kappa shape index (κ3) is 6.20. The third-order valence-corrected chi connectivity index (χ3v) is 7.07. The number of hydrogen-bond acceptors (Lipinski definition) is 8. The zero-order valence-electron chi connectivity index (χ0n) is 21.6. The number of methoxy groups -OCH3 is 4. The lowest BCUT2D eigenvalue weighted by atomic mass is 10.1. The summed E-state index contributed by atoms with van der Waals surface area (Å²) < 4.78 is 21.3. The number of carbonyl (C=O) groups is 2. The molecule has 198 valence electrons. The molecule has 38 heavy (non-hydrogen) atoms. The Hall–Kier alpha value is -4.18. The number of benzene rings is 3. The maximum absolute atomic E-state index is 13.4. The zero-order valence-corrected chi connectivity index (χ0v) is 22.4. The Balaban J connectivity index is 1.63. The molecule has 2 amide bonds. The van der Waals surface area contributed by atoms with E-state index in [1.165, 1.54) is 18.9 Å². The van der Waals surface area contributed by atoms with Crippen LogP contribution in [0.4, 0.5) is 11.4 Å². The molecule has 1 unspecified atom stereocenters. The molecule has 1 fully saturated rings. The highest BCUT2D eigenvalue weighted by molar-refractivity contribution is 8.15. The minimum atomic E-state index is -0.675. The molecule has 0 bridgehead atoms. The van der Waals surface area contributed by atoms with Crippen molar-refractivity contribution in [1.29, 1.82) is 0 Å². The number of carbonyl (C=O) groups excluding carboxylic acids is 2. The number of anilines is 1. The van der Waals surface area contributed by atoms with E-state index >= 15 is 0 Å². The largest absolute Gasteiger partial charge is 0.497 e. The van der Waals surface area contributed by atoms with E-state index in [1.54, 1.807) is 74.8 Å². The van der Waals surface area contributed by atoms with Crippen molar-refractivity contribution in [2.75, 3.05) is 33.8 Å². The quantitative estimate of drug-likeness (QED) is 0.417. The first-order valence-corrected chi connectivity index (χ1v) is 12.7. The molecule has 4 rings (SSSR count). The van der Waals surface area contributed by atoms with E-state index in [0.29, 0.717) is 39.5 Å². The first-order valence-electron chi connectivity index (χ1n) is 11.8. The van der Waals surface area contributed by atoms with Gasteiger partial charge in [-0.05, 0) is 54.1 Å². The summed E-state index contributed by atoms with van der Waals surface area (Å²) in [5.41, 5.74) is 2.00. The predicted molar refractivity (Wildman–Crippen MR) is 148 cm³/mol. The van der Waals surface area contributed by atoms with Crippen LogP contribution >= 0.6 is 11.8 Å². The van der Waals surface area contributed by atoms with E-state index in [2.05, 4.69) is 5.32 Å². The highest BCUT2D eigenvalue weighted by Crippen LogP contribution is 2.34. The number of nitrogens with one attached hydrogen (secondary N) is 1. The summed E-state index contributed by atoms with van der Waals surface area (Å²) in [4.78, 5) is 33.0. The highest BCUT2D eigenvalue weighted by Gasteiger charge is 2.36. The molecular weight excluding hydrogens is 506 g/mol. The number of rotatable bonds is 9. The van der Waals surface area contributed by atoms with Crippen molar-refractivity contribution in [1.82, 2.24) is 4.90 Å². The second-order valence-electron chi connectivity index (χ2n) is 8.26. The fourth-order valence-corrected chi connectivity index (χ4v) is 4.98. The van der Waals surface area contributed by atoms with Crippen LogP contribution in [0.2, 0.25) is 0 Å². The average molecular weight is 536 g/mol. The van der Waals surface area contributed by atoms with Crippen LogP contribution in [0, 0.1) is 0 Å². The summed E-state index contributed by atoms with van der Waals surface area (Å²) in [5.74, 6) is 1.86. The second kappa shape index (κ2) is 12.4. The number of nitrogens with zero attached hydrogens (tertiary/aromatic N) is 2. The number of aliphatic imine (C=N–C) groups is 1. The smallest absolute Gasteiger partial charge is 0.238 e. The Morgan fingerprint density at radius 1 is 0.921 bits per heavy atom. The van der Waals surface area contributed by atoms with Crippen LogP contribution in [0.5, 0.6) is 23.0 Å². The van der Waals surface area contributed by atoms with Gasteiger partial charge in [-0.1, -0.05) is 30.0 Å². The van der Waals surface area contributed by atoms with Gasteiger partial charge in [0, 0.05) is 6.42 Å². The third-order valence-electron chi connectivity index (χ3n) is 5.88. The Morgan fingerprint density at radius 3 is 2.32 bits per heavy atom. The maximum Gasteiger partial charge on any atom is 0.238 e. The molecular formula is C28H29N3O6S. The van der Waals surface area contributed by atoms with Gasteiger partial charge in [-0.3, -0.25) is 14.5 Å². The topological polar surface area (TPSA) is 98.7 Å². The molecule has 1 N–H and O–H groups in total. The zero-order chi connectivity index (χ0) is 27.1. The SMILES string of the molecule is COc1ccc(N=C2SC(C(=O)Nc3ccccc3OC)CC(=O)N2Cc2ccc(OC)c(OC)c2)cc1. The van der Waals surface area contributed by atoms with Crippen molar-refractivity contribution in [3.8, 4) is 23.0 Å². The van der Waals surface area contributed by atoms with Crippen molar-refractivity contribution >= 4 is 40.1 Å². The fraction of sp³-hybridized carbons (Fsp3) is 0.250. The fourth-order valence-electron chi connectivity index (χ4n) is 3.89. The molecule has 1 atom stereocenters. The lowest BCUT2D eigenvalue weighted by Gasteiger charge is -2.32. The Bertz CT molecular complexity index is 1330.